The van der Waals surface area contributed by atoms with Crippen LogP contribution in [0, 0.1) is 0 Å². The molecule has 6 heteroatoms. The van der Waals surface area contributed by atoms with Gasteiger partial charge < -0.3 is 10.1 Å². The van der Waals surface area contributed by atoms with Crippen molar-refractivity contribution >= 4 is 12.0 Å². The summed E-state index contributed by atoms with van der Waals surface area (Å²) in [5, 5.41) is 3.31. The Morgan fingerprint density at radius 1 is 0.938 bits per heavy atom. The first kappa shape index (κ1) is 23.4. The zero-order valence-electron chi connectivity index (χ0n) is 19.5. The summed E-state index contributed by atoms with van der Waals surface area (Å²) in [4.78, 5) is 20.1. The summed E-state index contributed by atoms with van der Waals surface area (Å²) in [6, 6.07) is 10.4. The van der Waals surface area contributed by atoms with Gasteiger partial charge in [-0.25, -0.2) is 0 Å². The molecule has 1 amide bonds. The van der Waals surface area contributed by atoms with Crippen molar-refractivity contribution in [3.8, 4) is 0 Å². The molecule has 1 saturated carbocycles. The number of rotatable bonds is 8. The van der Waals surface area contributed by atoms with Crippen molar-refractivity contribution in [2.75, 3.05) is 72.1 Å². The highest BCUT2D eigenvalue weighted by molar-refractivity contribution is 5.78. The molecule has 4 rings (SSSR count). The van der Waals surface area contributed by atoms with E-state index < -0.39 is 0 Å². The number of morpholine rings is 1. The first-order chi connectivity index (χ1) is 15.7. The van der Waals surface area contributed by atoms with Gasteiger partial charge in [-0.15, -0.1) is 0 Å². The van der Waals surface area contributed by atoms with Gasteiger partial charge in [-0.1, -0.05) is 61.7 Å². The van der Waals surface area contributed by atoms with Crippen LogP contribution < -0.4 is 5.32 Å². The summed E-state index contributed by atoms with van der Waals surface area (Å²) >= 11 is 0. The first-order valence-electron chi connectivity index (χ1n) is 12.5. The number of nitrogens with one attached hydrogen (secondary N) is 1. The fourth-order valence-electron chi connectivity index (χ4n) is 5.41. The molecular weight excluding hydrogens is 400 g/mol. The maximum atomic E-state index is 12.8. The minimum atomic E-state index is 0.140. The predicted octanol–water partition coefficient (Wildman–Crippen LogP) is 2.47. The van der Waals surface area contributed by atoms with Crippen LogP contribution in [0.4, 0.5) is 0 Å². The van der Waals surface area contributed by atoms with Gasteiger partial charge in [0.15, 0.2) is 0 Å². The highest BCUT2D eigenvalue weighted by atomic mass is 16.5. The average molecular weight is 441 g/mol. The third-order valence-electron chi connectivity index (χ3n) is 7.39. The molecule has 1 N–H and O–H groups in total. The molecule has 1 aromatic rings. The second-order valence-corrected chi connectivity index (χ2v) is 9.55. The van der Waals surface area contributed by atoms with Crippen LogP contribution in [0.2, 0.25) is 0 Å². The van der Waals surface area contributed by atoms with Gasteiger partial charge >= 0.3 is 0 Å². The minimum absolute atomic E-state index is 0.140. The highest BCUT2D eigenvalue weighted by Crippen LogP contribution is 2.33. The lowest BCUT2D eigenvalue weighted by Gasteiger charge is -2.48. The fourth-order valence-corrected chi connectivity index (χ4v) is 5.41. The van der Waals surface area contributed by atoms with E-state index in [9.17, 15) is 4.79 Å². The van der Waals surface area contributed by atoms with Gasteiger partial charge in [-0.3, -0.25) is 19.5 Å². The Labute approximate surface area is 193 Å². The van der Waals surface area contributed by atoms with Crippen molar-refractivity contribution in [1.29, 1.82) is 0 Å². The molecule has 32 heavy (non-hydrogen) atoms. The SMILES string of the molecule is O=C(CN1CCN(C/C=C/c2ccccc2)CC1)NCC1(N2CCOCC2)CCCCC1. The van der Waals surface area contributed by atoms with Crippen molar-refractivity contribution in [3.05, 3.63) is 42.0 Å². The molecule has 2 aliphatic heterocycles. The Balaban J connectivity index is 1.18. The minimum Gasteiger partial charge on any atom is -0.379 e. The summed E-state index contributed by atoms with van der Waals surface area (Å²) < 4.78 is 5.57. The van der Waals surface area contributed by atoms with Gasteiger partial charge in [0.25, 0.3) is 0 Å². The summed E-state index contributed by atoms with van der Waals surface area (Å²) in [7, 11) is 0. The lowest BCUT2D eigenvalue weighted by Crippen LogP contribution is -2.60. The lowest BCUT2D eigenvalue weighted by atomic mass is 9.79. The van der Waals surface area contributed by atoms with E-state index in [-0.39, 0.29) is 11.4 Å². The number of nitrogens with zero attached hydrogens (tertiary/aromatic N) is 3. The molecule has 3 aliphatic rings. The maximum absolute atomic E-state index is 12.8. The number of benzene rings is 1. The average Bonchev–Trinajstić information content (AvgIpc) is 2.86. The topological polar surface area (TPSA) is 48.1 Å². The van der Waals surface area contributed by atoms with E-state index in [0.717, 1.165) is 65.6 Å². The van der Waals surface area contributed by atoms with Crippen molar-refractivity contribution in [2.45, 2.75) is 37.6 Å². The first-order valence-corrected chi connectivity index (χ1v) is 12.5. The van der Waals surface area contributed by atoms with Gasteiger partial charge in [0, 0.05) is 57.9 Å². The van der Waals surface area contributed by atoms with Crippen LogP contribution in [-0.2, 0) is 9.53 Å². The van der Waals surface area contributed by atoms with Gasteiger partial charge in [-0.2, -0.15) is 0 Å². The molecule has 0 atom stereocenters. The molecule has 1 aromatic carbocycles. The normalized spacial score (nSPS) is 23.4. The molecule has 0 spiro atoms. The summed E-state index contributed by atoms with van der Waals surface area (Å²) in [5.41, 5.74) is 1.39. The monoisotopic (exact) mass is 440 g/mol. The predicted molar refractivity (Wildman–Crippen MR) is 130 cm³/mol. The molecule has 3 fully saturated rings. The molecule has 2 saturated heterocycles. The maximum Gasteiger partial charge on any atom is 0.234 e. The summed E-state index contributed by atoms with van der Waals surface area (Å²) in [6.45, 7) is 9.87. The standard InChI is InChI=1S/C26H40N4O2/c31-25(27-23-26(11-5-2-6-12-26)30-18-20-32-21-19-30)22-29-16-14-28(15-17-29)13-7-10-24-8-3-1-4-9-24/h1,3-4,7-10H,2,5-6,11-23H2,(H,27,31)/b10-7+. The zero-order valence-corrected chi connectivity index (χ0v) is 19.5. The van der Waals surface area contributed by atoms with Gasteiger partial charge in [0.2, 0.25) is 5.91 Å². The molecule has 2 heterocycles. The Bertz CT molecular complexity index is 719. The van der Waals surface area contributed by atoms with E-state index in [1.54, 1.807) is 0 Å². The fraction of sp³-hybridized carbons (Fsp3) is 0.654. The van der Waals surface area contributed by atoms with Crippen molar-refractivity contribution in [1.82, 2.24) is 20.0 Å². The molecule has 0 radical (unpaired) electrons. The zero-order chi connectivity index (χ0) is 22.1. The summed E-state index contributed by atoms with van der Waals surface area (Å²) in [5.74, 6) is 0.181. The Kier molecular flexibility index (Phi) is 8.74. The molecule has 1 aliphatic carbocycles. The number of hydrogen-bond donors (Lipinski definition) is 1. The lowest BCUT2D eigenvalue weighted by molar-refractivity contribution is -0.124. The van der Waals surface area contributed by atoms with Gasteiger partial charge in [0.05, 0.1) is 19.8 Å². The van der Waals surface area contributed by atoms with E-state index in [0.29, 0.717) is 6.54 Å². The van der Waals surface area contributed by atoms with Gasteiger partial charge in [0.1, 0.15) is 0 Å². The number of hydrogen-bond acceptors (Lipinski definition) is 5. The Morgan fingerprint density at radius 3 is 2.34 bits per heavy atom. The number of amides is 1. The molecule has 6 nitrogen and oxygen atoms in total. The highest BCUT2D eigenvalue weighted by Gasteiger charge is 2.38. The third kappa shape index (κ3) is 6.64. The van der Waals surface area contributed by atoms with E-state index >= 15 is 0 Å². The van der Waals surface area contributed by atoms with Crippen LogP contribution in [-0.4, -0.2) is 98.3 Å². The number of carbonyl (C=O) groups is 1. The van der Waals surface area contributed by atoms with Crippen LogP contribution in [0.15, 0.2) is 36.4 Å². The van der Waals surface area contributed by atoms with E-state index in [1.807, 2.05) is 6.07 Å². The Hall–Kier alpha value is -1.73. The van der Waals surface area contributed by atoms with Crippen LogP contribution in [0.5, 0.6) is 0 Å². The smallest absolute Gasteiger partial charge is 0.234 e. The molecule has 176 valence electrons. The van der Waals surface area contributed by atoms with Crippen LogP contribution >= 0.6 is 0 Å². The van der Waals surface area contributed by atoms with E-state index in [2.05, 4.69) is 56.4 Å². The van der Waals surface area contributed by atoms with E-state index in [1.165, 1.54) is 37.7 Å². The van der Waals surface area contributed by atoms with Crippen LogP contribution in [0.1, 0.15) is 37.7 Å². The Morgan fingerprint density at radius 2 is 1.62 bits per heavy atom. The van der Waals surface area contributed by atoms with Crippen molar-refractivity contribution in [3.63, 3.8) is 0 Å². The number of carbonyl (C=O) groups excluding carboxylic acids is 1. The molecule has 0 unspecified atom stereocenters. The van der Waals surface area contributed by atoms with Gasteiger partial charge in [-0.05, 0) is 18.4 Å². The van der Waals surface area contributed by atoms with Crippen molar-refractivity contribution in [2.24, 2.45) is 0 Å². The molecule has 0 bridgehead atoms. The number of ether oxygens (including phenoxy) is 1. The number of piperazine rings is 1. The van der Waals surface area contributed by atoms with Crippen molar-refractivity contribution < 1.29 is 9.53 Å². The second-order valence-electron chi connectivity index (χ2n) is 9.55. The quantitative estimate of drug-likeness (QED) is 0.673. The summed E-state index contributed by atoms with van der Waals surface area (Å²) in [6.07, 6.45) is 10.7. The van der Waals surface area contributed by atoms with E-state index in [4.69, 9.17) is 4.74 Å². The largest absolute Gasteiger partial charge is 0.379 e. The second kappa shape index (κ2) is 11.9. The van der Waals surface area contributed by atoms with Crippen LogP contribution in [0.25, 0.3) is 6.08 Å². The molecule has 0 aromatic heterocycles. The van der Waals surface area contributed by atoms with Crippen LogP contribution in [0.3, 0.4) is 0 Å². The third-order valence-corrected chi connectivity index (χ3v) is 7.39. The molecular formula is C26H40N4O2.